The number of imide groups is 1. The van der Waals surface area contributed by atoms with E-state index in [9.17, 15) is 9.59 Å². The molecule has 1 aliphatic rings. The number of ether oxygens (including phenoxy) is 1. The van der Waals surface area contributed by atoms with Crippen LogP contribution in [0.15, 0.2) is 42.5 Å². The molecule has 1 fully saturated rings. The highest BCUT2D eigenvalue weighted by Crippen LogP contribution is 2.31. The first kappa shape index (κ1) is 16.6. The lowest BCUT2D eigenvalue weighted by Crippen LogP contribution is -2.34. The van der Waals surface area contributed by atoms with Crippen molar-refractivity contribution in [2.75, 3.05) is 17.3 Å². The molecule has 0 bridgehead atoms. The van der Waals surface area contributed by atoms with Gasteiger partial charge in [-0.2, -0.15) is 0 Å². The van der Waals surface area contributed by atoms with Crippen LogP contribution in [0.4, 0.5) is 11.4 Å². The average Bonchev–Trinajstić information content (AvgIpc) is 2.85. The molecule has 0 unspecified atom stereocenters. The summed E-state index contributed by atoms with van der Waals surface area (Å²) in [6, 6.07) is 11.2. The normalized spacial score (nSPS) is 17.3. The minimum atomic E-state index is -0.625. The number of carbonyl (C=O) groups excluding carboxylic acids is 2. The molecule has 0 spiro atoms. The van der Waals surface area contributed by atoms with E-state index in [-0.39, 0.29) is 18.2 Å². The lowest BCUT2D eigenvalue weighted by atomic mass is 10.2. The Hall–Kier alpha value is -2.24. The van der Waals surface area contributed by atoms with Gasteiger partial charge >= 0.3 is 0 Å². The average molecular weight is 365 g/mol. The van der Waals surface area contributed by atoms with E-state index in [4.69, 9.17) is 27.9 Å². The van der Waals surface area contributed by atoms with Crippen molar-refractivity contribution in [1.29, 1.82) is 0 Å². The van der Waals surface area contributed by atoms with Gasteiger partial charge in [0.05, 0.1) is 29.3 Å². The topological polar surface area (TPSA) is 58.6 Å². The number of amides is 2. The first-order valence-electron chi connectivity index (χ1n) is 7.22. The Labute approximate surface area is 149 Å². The van der Waals surface area contributed by atoms with Gasteiger partial charge in [-0.3, -0.25) is 9.59 Å². The number of rotatable bonds is 4. The molecule has 1 atom stereocenters. The van der Waals surface area contributed by atoms with Crippen LogP contribution in [-0.4, -0.2) is 25.0 Å². The zero-order chi connectivity index (χ0) is 17.3. The molecule has 7 heteroatoms. The summed E-state index contributed by atoms with van der Waals surface area (Å²) in [6.07, 6.45) is 0.0745. The van der Waals surface area contributed by atoms with E-state index < -0.39 is 6.04 Å². The van der Waals surface area contributed by atoms with E-state index in [1.54, 1.807) is 43.5 Å². The molecular formula is C17H14Cl2N2O3. The van der Waals surface area contributed by atoms with Crippen LogP contribution in [0.3, 0.4) is 0 Å². The molecule has 24 heavy (non-hydrogen) atoms. The number of benzene rings is 2. The van der Waals surface area contributed by atoms with Gasteiger partial charge in [0.1, 0.15) is 11.8 Å². The van der Waals surface area contributed by atoms with Crippen molar-refractivity contribution >= 4 is 46.4 Å². The third-order valence-corrected chi connectivity index (χ3v) is 4.48. The van der Waals surface area contributed by atoms with Crippen molar-refractivity contribution in [3.63, 3.8) is 0 Å². The van der Waals surface area contributed by atoms with E-state index >= 15 is 0 Å². The van der Waals surface area contributed by atoms with E-state index in [0.717, 1.165) is 10.6 Å². The summed E-state index contributed by atoms with van der Waals surface area (Å²) >= 11 is 11.9. The molecule has 1 aliphatic heterocycles. The van der Waals surface area contributed by atoms with Gasteiger partial charge in [0.25, 0.3) is 5.91 Å². The van der Waals surface area contributed by atoms with E-state index in [1.807, 2.05) is 0 Å². The predicted octanol–water partition coefficient (Wildman–Crippen LogP) is 3.75. The Balaban J connectivity index is 1.79. The number of halogens is 2. The van der Waals surface area contributed by atoms with Gasteiger partial charge in [-0.05, 0) is 42.5 Å². The summed E-state index contributed by atoms with van der Waals surface area (Å²) in [5, 5.41) is 3.73. The van der Waals surface area contributed by atoms with E-state index in [1.165, 1.54) is 6.07 Å². The molecule has 2 amide bonds. The molecule has 0 saturated carbocycles. The summed E-state index contributed by atoms with van der Waals surface area (Å²) in [6.45, 7) is 0. The number of nitrogens with one attached hydrogen (secondary N) is 1. The first-order chi connectivity index (χ1) is 11.5. The molecular weight excluding hydrogens is 351 g/mol. The summed E-state index contributed by atoms with van der Waals surface area (Å²) in [5.41, 5.74) is 1.15. The zero-order valence-corrected chi connectivity index (χ0v) is 14.3. The Morgan fingerprint density at radius 2 is 1.79 bits per heavy atom. The second-order valence-corrected chi connectivity index (χ2v) is 6.11. The van der Waals surface area contributed by atoms with Crippen LogP contribution in [-0.2, 0) is 9.59 Å². The van der Waals surface area contributed by atoms with Gasteiger partial charge in [0, 0.05) is 5.69 Å². The van der Waals surface area contributed by atoms with Crippen LogP contribution >= 0.6 is 23.2 Å². The smallest absolute Gasteiger partial charge is 0.256 e. The van der Waals surface area contributed by atoms with Gasteiger partial charge < -0.3 is 10.1 Å². The molecule has 2 aromatic rings. The maximum Gasteiger partial charge on any atom is 0.256 e. The van der Waals surface area contributed by atoms with Crippen LogP contribution < -0.4 is 15.0 Å². The SMILES string of the molecule is COc1ccc(N[C@@H]2CC(=O)N(c3ccc(Cl)c(Cl)c3)C2=O)cc1. The number of carbonyl (C=O) groups is 2. The number of nitrogens with zero attached hydrogens (tertiary/aromatic N) is 1. The maximum absolute atomic E-state index is 12.6. The lowest BCUT2D eigenvalue weighted by molar-refractivity contribution is -0.121. The van der Waals surface area contributed by atoms with Crippen molar-refractivity contribution < 1.29 is 14.3 Å². The molecule has 1 heterocycles. The number of methoxy groups -OCH3 is 1. The molecule has 124 valence electrons. The fraction of sp³-hybridized carbons (Fsp3) is 0.176. The first-order valence-corrected chi connectivity index (χ1v) is 7.97. The number of anilines is 2. The Morgan fingerprint density at radius 3 is 2.42 bits per heavy atom. The van der Waals surface area contributed by atoms with Gasteiger partial charge in [-0.15, -0.1) is 0 Å². The largest absolute Gasteiger partial charge is 0.497 e. The predicted molar refractivity (Wildman–Crippen MR) is 94.0 cm³/mol. The third-order valence-electron chi connectivity index (χ3n) is 3.74. The standard InChI is InChI=1S/C17H14Cl2N2O3/c1-24-12-5-2-10(3-6-12)20-15-9-16(22)21(17(15)23)11-4-7-13(18)14(19)8-11/h2-8,15,20H,9H2,1H3/t15-/m1/s1. The summed E-state index contributed by atoms with van der Waals surface area (Å²) in [5.74, 6) is 0.102. The molecule has 2 aromatic carbocycles. The van der Waals surface area contributed by atoms with Crippen molar-refractivity contribution in [3.05, 3.63) is 52.5 Å². The van der Waals surface area contributed by atoms with E-state index in [0.29, 0.717) is 21.5 Å². The maximum atomic E-state index is 12.6. The van der Waals surface area contributed by atoms with Crippen LogP contribution in [0, 0.1) is 0 Å². The van der Waals surface area contributed by atoms with Crippen LogP contribution in [0.1, 0.15) is 6.42 Å². The van der Waals surface area contributed by atoms with Gasteiger partial charge in [0.2, 0.25) is 5.91 Å². The van der Waals surface area contributed by atoms with Crippen molar-refractivity contribution in [2.45, 2.75) is 12.5 Å². The van der Waals surface area contributed by atoms with E-state index in [2.05, 4.69) is 5.32 Å². The van der Waals surface area contributed by atoms with Crippen molar-refractivity contribution in [3.8, 4) is 5.75 Å². The highest BCUT2D eigenvalue weighted by molar-refractivity contribution is 6.42. The molecule has 0 aliphatic carbocycles. The molecule has 1 saturated heterocycles. The molecule has 0 aromatic heterocycles. The molecule has 1 N–H and O–H groups in total. The number of hydrogen-bond acceptors (Lipinski definition) is 4. The van der Waals surface area contributed by atoms with Crippen molar-refractivity contribution in [2.24, 2.45) is 0 Å². The minimum absolute atomic E-state index is 0.0745. The quantitative estimate of drug-likeness (QED) is 0.839. The fourth-order valence-electron chi connectivity index (χ4n) is 2.53. The molecule has 5 nitrogen and oxygen atoms in total. The zero-order valence-electron chi connectivity index (χ0n) is 12.8. The second kappa shape index (κ2) is 6.71. The van der Waals surface area contributed by atoms with Gasteiger partial charge in [0.15, 0.2) is 0 Å². The summed E-state index contributed by atoms with van der Waals surface area (Å²) < 4.78 is 5.09. The highest BCUT2D eigenvalue weighted by Gasteiger charge is 2.39. The highest BCUT2D eigenvalue weighted by atomic mass is 35.5. The lowest BCUT2D eigenvalue weighted by Gasteiger charge is -2.16. The van der Waals surface area contributed by atoms with Crippen LogP contribution in [0.5, 0.6) is 5.75 Å². The minimum Gasteiger partial charge on any atom is -0.497 e. The third kappa shape index (κ3) is 3.18. The Morgan fingerprint density at radius 1 is 1.08 bits per heavy atom. The van der Waals surface area contributed by atoms with Crippen LogP contribution in [0.2, 0.25) is 10.0 Å². The Bertz CT molecular complexity index is 793. The van der Waals surface area contributed by atoms with Crippen molar-refractivity contribution in [1.82, 2.24) is 0 Å². The Kier molecular flexibility index (Phi) is 4.64. The second-order valence-electron chi connectivity index (χ2n) is 5.30. The van der Waals surface area contributed by atoms with Gasteiger partial charge in [-0.25, -0.2) is 4.90 Å². The summed E-state index contributed by atoms with van der Waals surface area (Å²) in [7, 11) is 1.58. The fourth-order valence-corrected chi connectivity index (χ4v) is 2.82. The van der Waals surface area contributed by atoms with Crippen LogP contribution in [0.25, 0.3) is 0 Å². The number of hydrogen-bond donors (Lipinski definition) is 1. The summed E-state index contributed by atoms with van der Waals surface area (Å²) in [4.78, 5) is 26.0. The monoisotopic (exact) mass is 364 g/mol. The molecule has 0 radical (unpaired) electrons. The molecule has 3 rings (SSSR count). The van der Waals surface area contributed by atoms with Gasteiger partial charge in [-0.1, -0.05) is 23.2 Å².